The molecular formula is C26H33N3O5. The van der Waals surface area contributed by atoms with E-state index in [0.29, 0.717) is 6.42 Å². The molecule has 0 radical (unpaired) electrons. The summed E-state index contributed by atoms with van der Waals surface area (Å²) in [6, 6.07) is 15.2. The Kier molecular flexibility index (Phi) is 7.81. The van der Waals surface area contributed by atoms with Crippen molar-refractivity contribution >= 4 is 18.1 Å². The number of hydrogen-bond acceptors (Lipinski definition) is 5. The Morgan fingerprint density at radius 3 is 1.97 bits per heavy atom. The van der Waals surface area contributed by atoms with Crippen LogP contribution < -0.4 is 16.2 Å². The van der Waals surface area contributed by atoms with Gasteiger partial charge in [-0.25, -0.2) is 15.0 Å². The molecule has 1 aliphatic rings. The molecule has 3 amide bonds. The Balaban J connectivity index is 1.55. The summed E-state index contributed by atoms with van der Waals surface area (Å²) >= 11 is 0. The molecule has 0 fully saturated rings. The van der Waals surface area contributed by atoms with Crippen LogP contribution in [0.1, 0.15) is 58.1 Å². The van der Waals surface area contributed by atoms with Crippen molar-refractivity contribution in [3.8, 4) is 11.1 Å². The Hall–Kier alpha value is -3.55. The number of hydrazine groups is 1. The molecule has 3 rings (SSSR count). The van der Waals surface area contributed by atoms with Gasteiger partial charge in [-0.2, -0.15) is 0 Å². The fourth-order valence-corrected chi connectivity index (χ4v) is 3.99. The lowest BCUT2D eigenvalue weighted by Crippen LogP contribution is -2.53. The summed E-state index contributed by atoms with van der Waals surface area (Å²) < 4.78 is 10.7. The van der Waals surface area contributed by atoms with Gasteiger partial charge in [0.25, 0.3) is 5.91 Å². The first-order valence-electron chi connectivity index (χ1n) is 11.5. The van der Waals surface area contributed by atoms with Crippen LogP contribution in [-0.4, -0.2) is 36.3 Å². The van der Waals surface area contributed by atoms with Gasteiger partial charge in [0, 0.05) is 5.92 Å². The van der Waals surface area contributed by atoms with Crippen molar-refractivity contribution in [1.82, 2.24) is 16.2 Å². The van der Waals surface area contributed by atoms with Crippen LogP contribution in [-0.2, 0) is 14.3 Å². The molecule has 0 unspecified atom stereocenters. The zero-order valence-corrected chi connectivity index (χ0v) is 20.3. The van der Waals surface area contributed by atoms with Crippen molar-refractivity contribution in [2.45, 2.75) is 58.6 Å². The van der Waals surface area contributed by atoms with Crippen LogP contribution in [0.25, 0.3) is 11.1 Å². The van der Waals surface area contributed by atoms with Gasteiger partial charge in [0.15, 0.2) is 0 Å². The number of ether oxygens (including phenoxy) is 2. The zero-order valence-electron chi connectivity index (χ0n) is 20.3. The smallest absolute Gasteiger partial charge is 0.426 e. The molecule has 0 spiro atoms. The minimum Gasteiger partial charge on any atom is -0.447 e. The number of rotatable bonds is 6. The molecule has 8 nitrogen and oxygen atoms in total. The topological polar surface area (TPSA) is 106 Å². The molecule has 2 aromatic carbocycles. The molecule has 3 N–H and O–H groups in total. The molecule has 0 saturated carbocycles. The van der Waals surface area contributed by atoms with E-state index in [0.717, 1.165) is 22.3 Å². The summed E-state index contributed by atoms with van der Waals surface area (Å²) in [7, 11) is 0. The number of carbonyl (C=O) groups is 3. The summed E-state index contributed by atoms with van der Waals surface area (Å²) in [5, 5.41) is 2.56. The average Bonchev–Trinajstić information content (AvgIpc) is 3.08. The molecule has 0 aromatic heterocycles. The normalized spacial score (nSPS) is 13.5. The summed E-state index contributed by atoms with van der Waals surface area (Å²) in [6.45, 7) is 9.20. The first kappa shape index (κ1) is 25.1. The van der Waals surface area contributed by atoms with Gasteiger partial charge >= 0.3 is 12.2 Å². The van der Waals surface area contributed by atoms with Crippen LogP contribution in [0.3, 0.4) is 0 Å². The predicted molar refractivity (Wildman–Crippen MR) is 129 cm³/mol. The fraction of sp³-hybridized carbons (Fsp3) is 0.423. The Morgan fingerprint density at radius 1 is 0.882 bits per heavy atom. The minimum atomic E-state index is -0.872. The third kappa shape index (κ3) is 6.50. The SMILES string of the molecule is CC(C)C[C@H](NC(=O)OC(C)(C)C)C(=O)NNC(=O)OCC1c2ccccc2-c2ccccc21. The van der Waals surface area contributed by atoms with E-state index in [9.17, 15) is 14.4 Å². The van der Waals surface area contributed by atoms with Crippen LogP contribution in [0, 0.1) is 5.92 Å². The maximum Gasteiger partial charge on any atom is 0.426 e. The Morgan fingerprint density at radius 2 is 1.44 bits per heavy atom. The lowest BCUT2D eigenvalue weighted by Gasteiger charge is -2.24. The van der Waals surface area contributed by atoms with Crippen molar-refractivity contribution in [3.05, 3.63) is 59.7 Å². The minimum absolute atomic E-state index is 0.0867. The summed E-state index contributed by atoms with van der Waals surface area (Å²) in [4.78, 5) is 37.1. The highest BCUT2D eigenvalue weighted by molar-refractivity contribution is 5.87. The number of hydrogen-bond donors (Lipinski definition) is 3. The molecule has 2 aromatic rings. The third-order valence-electron chi connectivity index (χ3n) is 5.35. The van der Waals surface area contributed by atoms with E-state index < -0.39 is 29.7 Å². The number of alkyl carbamates (subject to hydrolysis) is 1. The molecule has 0 aliphatic heterocycles. The Labute approximate surface area is 200 Å². The fourth-order valence-electron chi connectivity index (χ4n) is 3.99. The predicted octanol–water partition coefficient (Wildman–Crippen LogP) is 4.50. The summed E-state index contributed by atoms with van der Waals surface area (Å²) in [6.07, 6.45) is -1.11. The number of carbonyl (C=O) groups excluding carboxylic acids is 3. The first-order chi connectivity index (χ1) is 16.0. The third-order valence-corrected chi connectivity index (χ3v) is 5.35. The van der Waals surface area contributed by atoms with Crippen molar-refractivity contribution in [3.63, 3.8) is 0 Å². The van der Waals surface area contributed by atoms with Gasteiger partial charge in [-0.15, -0.1) is 0 Å². The molecule has 1 atom stereocenters. The lowest BCUT2D eigenvalue weighted by atomic mass is 9.98. The van der Waals surface area contributed by atoms with Gasteiger partial charge < -0.3 is 14.8 Å². The standard InChI is InChI=1S/C26H33N3O5/c1-16(2)14-22(27-24(31)34-26(3,4)5)23(30)28-29-25(32)33-15-21-19-12-8-6-10-17(19)18-11-7-9-13-20(18)21/h6-13,16,21-22H,14-15H2,1-5H3,(H,27,31)(H,28,30)(H,29,32)/t22-/m0/s1. The van der Waals surface area contributed by atoms with E-state index in [1.807, 2.05) is 50.2 Å². The number of fused-ring (bicyclic) bond motifs is 3. The second-order valence-corrected chi connectivity index (χ2v) is 9.77. The number of nitrogens with one attached hydrogen (secondary N) is 3. The maximum absolute atomic E-state index is 12.6. The molecule has 8 heteroatoms. The van der Waals surface area contributed by atoms with E-state index in [-0.39, 0.29) is 18.4 Å². The van der Waals surface area contributed by atoms with Gasteiger partial charge in [-0.1, -0.05) is 62.4 Å². The maximum atomic E-state index is 12.6. The van der Waals surface area contributed by atoms with Gasteiger partial charge in [0.05, 0.1) is 0 Å². The van der Waals surface area contributed by atoms with Crippen molar-refractivity contribution in [2.24, 2.45) is 5.92 Å². The largest absolute Gasteiger partial charge is 0.447 e. The van der Waals surface area contributed by atoms with Crippen molar-refractivity contribution in [1.29, 1.82) is 0 Å². The number of benzene rings is 2. The van der Waals surface area contributed by atoms with E-state index in [1.54, 1.807) is 20.8 Å². The van der Waals surface area contributed by atoms with Crippen molar-refractivity contribution in [2.75, 3.05) is 6.61 Å². The van der Waals surface area contributed by atoms with E-state index >= 15 is 0 Å². The van der Waals surface area contributed by atoms with Gasteiger partial charge in [0.1, 0.15) is 18.2 Å². The highest BCUT2D eigenvalue weighted by Crippen LogP contribution is 2.44. The second kappa shape index (κ2) is 10.6. The average molecular weight is 468 g/mol. The molecule has 182 valence electrons. The van der Waals surface area contributed by atoms with E-state index in [4.69, 9.17) is 9.47 Å². The van der Waals surface area contributed by atoms with Crippen LogP contribution >= 0.6 is 0 Å². The molecule has 34 heavy (non-hydrogen) atoms. The van der Waals surface area contributed by atoms with Gasteiger partial charge in [-0.05, 0) is 55.4 Å². The van der Waals surface area contributed by atoms with Crippen LogP contribution in [0.4, 0.5) is 9.59 Å². The number of amides is 3. The van der Waals surface area contributed by atoms with Crippen LogP contribution in [0.5, 0.6) is 0 Å². The van der Waals surface area contributed by atoms with Crippen LogP contribution in [0.15, 0.2) is 48.5 Å². The second-order valence-electron chi connectivity index (χ2n) is 9.77. The van der Waals surface area contributed by atoms with E-state index in [1.165, 1.54) is 0 Å². The Bertz CT molecular complexity index is 999. The van der Waals surface area contributed by atoms with E-state index in [2.05, 4.69) is 28.3 Å². The van der Waals surface area contributed by atoms with Crippen molar-refractivity contribution < 1.29 is 23.9 Å². The molecule has 0 saturated heterocycles. The highest BCUT2D eigenvalue weighted by atomic mass is 16.6. The lowest BCUT2D eigenvalue weighted by molar-refractivity contribution is -0.124. The summed E-state index contributed by atoms with van der Waals surface area (Å²) in [5.41, 5.74) is 8.37. The molecule has 0 bridgehead atoms. The molecule has 0 heterocycles. The molecule has 1 aliphatic carbocycles. The molecular weight excluding hydrogens is 434 g/mol. The van der Waals surface area contributed by atoms with Crippen LogP contribution in [0.2, 0.25) is 0 Å². The monoisotopic (exact) mass is 467 g/mol. The van der Waals surface area contributed by atoms with Gasteiger partial charge in [-0.3, -0.25) is 10.2 Å². The van der Waals surface area contributed by atoms with Gasteiger partial charge in [0.2, 0.25) is 0 Å². The summed E-state index contributed by atoms with van der Waals surface area (Å²) in [5.74, 6) is -0.524. The first-order valence-corrected chi connectivity index (χ1v) is 11.5. The quantitative estimate of drug-likeness (QED) is 0.543. The highest BCUT2D eigenvalue weighted by Gasteiger charge is 2.29. The zero-order chi connectivity index (χ0) is 24.9.